The van der Waals surface area contributed by atoms with Crippen LogP contribution in [0.25, 0.3) is 10.8 Å². The van der Waals surface area contributed by atoms with Gasteiger partial charge in [-0.2, -0.15) is 0 Å². The van der Waals surface area contributed by atoms with Gasteiger partial charge in [0.1, 0.15) is 12.4 Å². The summed E-state index contributed by atoms with van der Waals surface area (Å²) in [5.41, 5.74) is 6.69. The van der Waals surface area contributed by atoms with E-state index in [4.69, 9.17) is 14.2 Å². The van der Waals surface area contributed by atoms with Gasteiger partial charge in [-0.25, -0.2) is 9.59 Å². The minimum atomic E-state index is -0.454. The smallest absolute Gasteiger partial charge is 0.330 e. The second-order valence-corrected chi connectivity index (χ2v) is 13.3. The molecule has 7 nitrogen and oxygen atoms in total. The number of hydrogen-bond donors (Lipinski definition) is 0. The van der Waals surface area contributed by atoms with Crippen molar-refractivity contribution in [3.05, 3.63) is 173 Å². The molecule has 0 radical (unpaired) electrons. The first kappa shape index (κ1) is 41.2. The van der Waals surface area contributed by atoms with E-state index in [0.29, 0.717) is 56.3 Å². The Hall–Kier alpha value is -6.96. The summed E-state index contributed by atoms with van der Waals surface area (Å²) in [4.78, 5) is 47.2. The molecule has 0 aliphatic rings. The van der Waals surface area contributed by atoms with Gasteiger partial charge in [-0.3, -0.25) is 9.59 Å². The quantitative estimate of drug-likeness (QED) is 0.0307. The van der Waals surface area contributed by atoms with Crippen molar-refractivity contribution >= 4 is 34.3 Å². The van der Waals surface area contributed by atoms with Gasteiger partial charge in [0.15, 0.2) is 11.6 Å². The van der Waals surface area contributed by atoms with Crippen molar-refractivity contribution in [2.75, 3.05) is 13.2 Å². The second-order valence-electron chi connectivity index (χ2n) is 13.3. The fourth-order valence-corrected chi connectivity index (χ4v) is 5.81. The number of ether oxygens (including phenoxy) is 3. The summed E-state index contributed by atoms with van der Waals surface area (Å²) >= 11 is 0. The fraction of sp³-hybridized carbons (Fsp3) is 0.200. The first-order chi connectivity index (χ1) is 27.7. The molecule has 0 spiro atoms. The predicted octanol–water partition coefficient (Wildman–Crippen LogP) is 9.69. The maximum Gasteiger partial charge on any atom is 0.330 e. The number of carbonyl (C=O) groups is 4. The van der Waals surface area contributed by atoms with Crippen LogP contribution in [0.3, 0.4) is 0 Å². The van der Waals surface area contributed by atoms with Gasteiger partial charge in [0, 0.05) is 58.4 Å². The molecular formula is C50H44O7. The van der Waals surface area contributed by atoms with Crippen LogP contribution >= 0.6 is 0 Å². The lowest BCUT2D eigenvalue weighted by atomic mass is 10.0. The van der Waals surface area contributed by atoms with Crippen LogP contribution in [-0.4, -0.2) is 36.7 Å². The first-order valence-electron chi connectivity index (χ1n) is 18.9. The number of fused-ring (bicyclic) bond motifs is 1. The molecule has 5 rings (SSSR count). The van der Waals surface area contributed by atoms with E-state index in [2.05, 4.69) is 67.2 Å². The van der Waals surface area contributed by atoms with Crippen molar-refractivity contribution in [3.8, 4) is 29.4 Å². The Morgan fingerprint density at radius 3 is 1.53 bits per heavy atom. The van der Waals surface area contributed by atoms with Gasteiger partial charge in [0.25, 0.3) is 0 Å². The largest absolute Gasteiger partial charge is 0.489 e. The van der Waals surface area contributed by atoms with Crippen LogP contribution in [0.15, 0.2) is 128 Å². The number of carbonyl (C=O) groups excluding carboxylic acids is 4. The van der Waals surface area contributed by atoms with Crippen molar-refractivity contribution in [1.82, 2.24) is 0 Å². The number of ketones is 2. The van der Waals surface area contributed by atoms with Crippen LogP contribution in [0.1, 0.15) is 92.6 Å². The van der Waals surface area contributed by atoms with E-state index in [1.54, 1.807) is 24.3 Å². The van der Waals surface area contributed by atoms with Gasteiger partial charge in [-0.1, -0.05) is 79.3 Å². The zero-order valence-corrected chi connectivity index (χ0v) is 32.1. The second kappa shape index (κ2) is 21.2. The van der Waals surface area contributed by atoms with Crippen LogP contribution in [0.2, 0.25) is 0 Å². The van der Waals surface area contributed by atoms with Crippen molar-refractivity contribution in [2.45, 2.75) is 52.1 Å². The number of rotatable bonds is 17. The standard InChI is InChI=1S/C50H44O7/c1-4-49(53)55-30-8-6-10-46(51)42-23-16-37(17-24-42)12-14-39-22-29-48(36(3)32-39)57-35-41-21-28-44-33-40(20-27-45(44)34-41)15-13-38-18-25-43(26-19-38)47(52)11-7-9-31-56-50(54)5-2/h4-5,16-29,32-34H,1-2,6-11,30-31,35H2,3H3. The Morgan fingerprint density at radius 2 is 1.00 bits per heavy atom. The average molecular weight is 757 g/mol. The molecule has 0 N–H and O–H groups in total. The summed E-state index contributed by atoms with van der Waals surface area (Å²) in [6.45, 7) is 9.69. The monoisotopic (exact) mass is 756 g/mol. The van der Waals surface area contributed by atoms with Crippen LogP contribution < -0.4 is 4.74 Å². The molecular weight excluding hydrogens is 713 g/mol. The summed E-state index contributed by atoms with van der Waals surface area (Å²) in [5.74, 6) is 12.8. The molecule has 0 saturated heterocycles. The lowest BCUT2D eigenvalue weighted by Crippen LogP contribution is -2.03. The molecule has 0 unspecified atom stereocenters. The van der Waals surface area contributed by atoms with Gasteiger partial charge in [-0.15, -0.1) is 0 Å². The molecule has 0 aliphatic heterocycles. The van der Waals surface area contributed by atoms with Gasteiger partial charge in [-0.05, 0) is 115 Å². The van der Waals surface area contributed by atoms with Crippen molar-refractivity contribution in [1.29, 1.82) is 0 Å². The zero-order chi connectivity index (χ0) is 40.4. The maximum atomic E-state index is 12.5. The van der Waals surface area contributed by atoms with E-state index in [1.165, 1.54) is 0 Å². The number of benzene rings is 5. The Kier molecular flexibility index (Phi) is 15.3. The first-order valence-corrected chi connectivity index (χ1v) is 18.9. The third-order valence-corrected chi connectivity index (χ3v) is 9.01. The van der Waals surface area contributed by atoms with Gasteiger partial charge >= 0.3 is 11.9 Å². The highest BCUT2D eigenvalue weighted by Crippen LogP contribution is 2.23. The third kappa shape index (κ3) is 13.1. The Labute approximate surface area is 334 Å². The van der Waals surface area contributed by atoms with Crippen LogP contribution in [0.5, 0.6) is 5.75 Å². The van der Waals surface area contributed by atoms with E-state index in [9.17, 15) is 19.2 Å². The minimum Gasteiger partial charge on any atom is -0.489 e. The fourth-order valence-electron chi connectivity index (χ4n) is 5.81. The summed E-state index contributed by atoms with van der Waals surface area (Å²) in [6.07, 6.45) is 5.54. The Morgan fingerprint density at radius 1 is 0.544 bits per heavy atom. The number of Topliss-reactive ketones (excluding diaryl/α,β-unsaturated/α-hetero) is 2. The molecule has 7 heteroatoms. The Balaban J connectivity index is 1.09. The number of unbranched alkanes of at least 4 members (excludes halogenated alkanes) is 2. The molecule has 5 aromatic carbocycles. The zero-order valence-electron chi connectivity index (χ0n) is 32.1. The lowest BCUT2D eigenvalue weighted by Gasteiger charge is -2.10. The highest BCUT2D eigenvalue weighted by atomic mass is 16.5. The topological polar surface area (TPSA) is 96.0 Å². The minimum absolute atomic E-state index is 0.0441. The Bertz CT molecular complexity index is 2380. The van der Waals surface area contributed by atoms with E-state index in [-0.39, 0.29) is 24.8 Å². The van der Waals surface area contributed by atoms with Crippen molar-refractivity contribution in [3.63, 3.8) is 0 Å². The van der Waals surface area contributed by atoms with Gasteiger partial charge in [0.2, 0.25) is 0 Å². The van der Waals surface area contributed by atoms with Crippen LogP contribution in [0, 0.1) is 30.6 Å². The molecule has 0 aliphatic carbocycles. The van der Waals surface area contributed by atoms with Gasteiger partial charge < -0.3 is 14.2 Å². The lowest BCUT2D eigenvalue weighted by molar-refractivity contribution is -0.138. The van der Waals surface area contributed by atoms with Crippen LogP contribution in [-0.2, 0) is 25.7 Å². The normalized spacial score (nSPS) is 10.3. The molecule has 0 amide bonds. The average Bonchev–Trinajstić information content (AvgIpc) is 3.24. The highest BCUT2D eigenvalue weighted by Gasteiger charge is 2.08. The third-order valence-electron chi connectivity index (χ3n) is 9.01. The molecule has 0 saturated carbocycles. The molecule has 0 bridgehead atoms. The van der Waals surface area contributed by atoms with E-state index < -0.39 is 11.9 Å². The molecule has 0 heterocycles. The molecule has 57 heavy (non-hydrogen) atoms. The van der Waals surface area contributed by atoms with Crippen LogP contribution in [0.4, 0.5) is 0 Å². The molecule has 0 aromatic heterocycles. The number of aryl methyl sites for hydroxylation is 1. The molecule has 286 valence electrons. The predicted molar refractivity (Wildman–Crippen MR) is 223 cm³/mol. The van der Waals surface area contributed by atoms with E-state index in [1.807, 2.05) is 55.5 Å². The molecule has 0 atom stereocenters. The van der Waals surface area contributed by atoms with Gasteiger partial charge in [0.05, 0.1) is 13.2 Å². The SMILES string of the molecule is C=CC(=O)OCCCCC(=O)c1ccc(C#Cc2ccc(OCc3ccc4cc(C#Cc5ccc(C(=O)CCCCOC(=O)C=C)cc5)ccc4c3)c(C)c2)cc1. The van der Waals surface area contributed by atoms with Crippen molar-refractivity contribution in [2.24, 2.45) is 0 Å². The summed E-state index contributed by atoms with van der Waals surface area (Å²) < 4.78 is 16.1. The molecule has 5 aromatic rings. The maximum absolute atomic E-state index is 12.5. The van der Waals surface area contributed by atoms with Crippen molar-refractivity contribution < 1.29 is 33.4 Å². The summed E-state index contributed by atoms with van der Waals surface area (Å²) in [7, 11) is 0. The number of hydrogen-bond acceptors (Lipinski definition) is 7. The summed E-state index contributed by atoms with van der Waals surface area (Å²) in [5, 5.41) is 2.17. The van der Waals surface area contributed by atoms with E-state index in [0.717, 1.165) is 62.1 Å². The number of esters is 2. The molecule has 0 fully saturated rings. The van der Waals surface area contributed by atoms with E-state index >= 15 is 0 Å². The highest BCUT2D eigenvalue weighted by molar-refractivity contribution is 5.96. The summed E-state index contributed by atoms with van der Waals surface area (Å²) in [6, 6.07) is 32.8.